The number of methoxy groups -OCH3 is 1. The van der Waals surface area contributed by atoms with E-state index in [4.69, 9.17) is 4.74 Å². The maximum absolute atomic E-state index is 12.5. The summed E-state index contributed by atoms with van der Waals surface area (Å²) in [4.78, 5) is 26.4. The lowest BCUT2D eigenvalue weighted by Gasteiger charge is -2.21. The number of carbonyl (C=O) groups excluding carboxylic acids is 2. The first kappa shape index (κ1) is 26.3. The minimum Gasteiger partial charge on any atom is -0.497 e. The first-order valence-electron chi connectivity index (χ1n) is 10.8. The third kappa shape index (κ3) is 7.87. The van der Waals surface area contributed by atoms with Crippen molar-refractivity contribution in [2.45, 2.75) is 44.4 Å². The topological polar surface area (TPSA) is 105 Å². The Kier molecular flexibility index (Phi) is 9.01. The molecule has 2 rings (SSSR count). The molecule has 0 unspecified atom stereocenters. The first-order valence-corrected chi connectivity index (χ1v) is 12.3. The molecular formula is C24H33N3O5S. The maximum Gasteiger partial charge on any atom is 0.243 e. The van der Waals surface area contributed by atoms with Crippen LogP contribution >= 0.6 is 0 Å². The highest BCUT2D eigenvalue weighted by Gasteiger charge is 2.19. The van der Waals surface area contributed by atoms with Crippen molar-refractivity contribution in [1.82, 2.24) is 9.62 Å². The summed E-state index contributed by atoms with van der Waals surface area (Å²) in [5.74, 6) is -0.0569. The minimum atomic E-state index is -3.73. The number of anilines is 1. The van der Waals surface area contributed by atoms with Crippen LogP contribution in [0.3, 0.4) is 0 Å². The largest absolute Gasteiger partial charge is 0.497 e. The van der Waals surface area contributed by atoms with E-state index in [0.717, 1.165) is 5.56 Å². The molecule has 0 aliphatic rings. The molecule has 2 aromatic carbocycles. The number of nitrogens with zero attached hydrogens (tertiary/aromatic N) is 1. The Balaban J connectivity index is 1.89. The summed E-state index contributed by atoms with van der Waals surface area (Å²) in [7, 11) is -2.20. The molecule has 2 aromatic rings. The van der Waals surface area contributed by atoms with E-state index >= 15 is 0 Å². The van der Waals surface area contributed by atoms with Crippen molar-refractivity contribution in [1.29, 1.82) is 0 Å². The highest BCUT2D eigenvalue weighted by atomic mass is 32.2. The van der Waals surface area contributed by atoms with Gasteiger partial charge in [-0.25, -0.2) is 13.1 Å². The Morgan fingerprint density at radius 1 is 1.06 bits per heavy atom. The number of carbonyl (C=O) groups is 2. The maximum atomic E-state index is 12.5. The van der Waals surface area contributed by atoms with Gasteiger partial charge in [0.1, 0.15) is 5.75 Å². The minimum absolute atomic E-state index is 0.0560. The standard InChI is InChI=1S/C24H33N3O5S/c1-6-27(17-22(28)26-19-8-7-9-20(16-19)32-5)23(29)14-15-25-33(30,31)21-12-10-18(11-13-21)24(2,3)4/h7-13,16,25H,6,14-15,17H2,1-5H3,(H,26,28). The number of hydrogen-bond acceptors (Lipinski definition) is 5. The fraction of sp³-hybridized carbons (Fsp3) is 0.417. The number of nitrogens with one attached hydrogen (secondary N) is 2. The fourth-order valence-electron chi connectivity index (χ4n) is 3.12. The molecule has 2 N–H and O–H groups in total. The zero-order chi connectivity index (χ0) is 24.6. The predicted octanol–water partition coefficient (Wildman–Crippen LogP) is 3.15. The number of sulfonamides is 1. The SMILES string of the molecule is CCN(CC(=O)Nc1cccc(OC)c1)C(=O)CCNS(=O)(=O)c1ccc(C(C)(C)C)cc1. The van der Waals surface area contributed by atoms with Crippen LogP contribution in [0.15, 0.2) is 53.4 Å². The highest BCUT2D eigenvalue weighted by Crippen LogP contribution is 2.23. The fourth-order valence-corrected chi connectivity index (χ4v) is 4.15. The molecule has 0 atom stereocenters. The summed E-state index contributed by atoms with van der Waals surface area (Å²) in [5.41, 5.74) is 1.51. The van der Waals surface area contributed by atoms with Crippen LogP contribution in [0.1, 0.15) is 39.7 Å². The molecule has 0 fully saturated rings. The number of benzene rings is 2. The van der Waals surface area contributed by atoms with Gasteiger partial charge in [0, 0.05) is 31.3 Å². The first-order chi connectivity index (χ1) is 15.5. The van der Waals surface area contributed by atoms with Crippen molar-refractivity contribution in [2.75, 3.05) is 32.1 Å². The smallest absolute Gasteiger partial charge is 0.243 e. The van der Waals surface area contributed by atoms with Crippen LogP contribution in [0.4, 0.5) is 5.69 Å². The van der Waals surface area contributed by atoms with Gasteiger partial charge in [0.15, 0.2) is 0 Å². The number of hydrogen-bond donors (Lipinski definition) is 2. The Morgan fingerprint density at radius 3 is 2.30 bits per heavy atom. The lowest BCUT2D eigenvalue weighted by Crippen LogP contribution is -2.39. The zero-order valence-electron chi connectivity index (χ0n) is 19.8. The van der Waals surface area contributed by atoms with Gasteiger partial charge in [-0.1, -0.05) is 39.0 Å². The van der Waals surface area contributed by atoms with Crippen LogP contribution in [0, 0.1) is 0 Å². The molecule has 0 saturated carbocycles. The van der Waals surface area contributed by atoms with Crippen LogP contribution in [-0.2, 0) is 25.0 Å². The average Bonchev–Trinajstić information content (AvgIpc) is 2.76. The molecule has 0 bridgehead atoms. The number of ether oxygens (including phenoxy) is 1. The van der Waals surface area contributed by atoms with Gasteiger partial charge in [-0.15, -0.1) is 0 Å². The number of rotatable bonds is 10. The van der Waals surface area contributed by atoms with Gasteiger partial charge < -0.3 is 15.0 Å². The molecule has 0 saturated heterocycles. The zero-order valence-corrected chi connectivity index (χ0v) is 20.7. The summed E-state index contributed by atoms with van der Waals surface area (Å²) in [6.45, 7) is 8.05. The van der Waals surface area contributed by atoms with Crippen molar-refractivity contribution >= 4 is 27.5 Å². The van der Waals surface area contributed by atoms with Gasteiger partial charge in [-0.05, 0) is 42.2 Å². The van der Waals surface area contributed by atoms with Gasteiger partial charge in [-0.3, -0.25) is 9.59 Å². The van der Waals surface area contributed by atoms with Crippen molar-refractivity contribution < 1.29 is 22.7 Å². The molecule has 0 heterocycles. The van der Waals surface area contributed by atoms with E-state index in [1.807, 2.05) is 0 Å². The Hall–Kier alpha value is -2.91. The van der Waals surface area contributed by atoms with Gasteiger partial charge >= 0.3 is 0 Å². The molecule has 9 heteroatoms. The van der Waals surface area contributed by atoms with E-state index in [1.54, 1.807) is 55.5 Å². The van der Waals surface area contributed by atoms with E-state index in [1.165, 1.54) is 12.0 Å². The third-order valence-corrected chi connectivity index (χ3v) is 6.56. The normalized spacial score (nSPS) is 11.7. The second kappa shape index (κ2) is 11.3. The van der Waals surface area contributed by atoms with Crippen LogP contribution < -0.4 is 14.8 Å². The molecule has 0 radical (unpaired) electrons. The van der Waals surface area contributed by atoms with Crippen molar-refractivity contribution in [3.8, 4) is 5.75 Å². The van der Waals surface area contributed by atoms with Crippen LogP contribution in [-0.4, -0.2) is 51.9 Å². The summed E-state index contributed by atoms with van der Waals surface area (Å²) in [6.07, 6.45) is -0.0560. The van der Waals surface area contributed by atoms with E-state index in [9.17, 15) is 18.0 Å². The third-order valence-electron chi connectivity index (χ3n) is 5.08. The molecule has 180 valence electrons. The summed E-state index contributed by atoms with van der Waals surface area (Å²) < 4.78 is 32.7. The molecule has 0 aliphatic carbocycles. The highest BCUT2D eigenvalue weighted by molar-refractivity contribution is 7.89. The van der Waals surface area contributed by atoms with Crippen LogP contribution in [0.25, 0.3) is 0 Å². The summed E-state index contributed by atoms with van der Waals surface area (Å²) in [5, 5.41) is 2.73. The van der Waals surface area contributed by atoms with Crippen LogP contribution in [0.5, 0.6) is 5.75 Å². The quantitative estimate of drug-likeness (QED) is 0.549. The van der Waals surface area contributed by atoms with Crippen molar-refractivity contribution in [3.63, 3.8) is 0 Å². The molecule has 0 aromatic heterocycles. The van der Waals surface area contributed by atoms with Gasteiger partial charge in [-0.2, -0.15) is 0 Å². The lowest BCUT2D eigenvalue weighted by molar-refractivity contribution is -0.134. The number of amides is 2. The van der Waals surface area contributed by atoms with Crippen molar-refractivity contribution in [3.05, 3.63) is 54.1 Å². The Labute approximate surface area is 196 Å². The Morgan fingerprint density at radius 2 is 1.73 bits per heavy atom. The van der Waals surface area contributed by atoms with E-state index in [-0.39, 0.29) is 41.6 Å². The second-order valence-corrected chi connectivity index (χ2v) is 10.4. The average molecular weight is 476 g/mol. The summed E-state index contributed by atoms with van der Waals surface area (Å²) >= 11 is 0. The lowest BCUT2D eigenvalue weighted by atomic mass is 9.87. The number of likely N-dealkylation sites (N-methyl/N-ethyl adjacent to an activating group) is 1. The molecule has 0 aliphatic heterocycles. The van der Waals surface area contributed by atoms with E-state index in [2.05, 4.69) is 30.8 Å². The van der Waals surface area contributed by atoms with Crippen LogP contribution in [0.2, 0.25) is 0 Å². The van der Waals surface area contributed by atoms with Gasteiger partial charge in [0.25, 0.3) is 0 Å². The van der Waals surface area contributed by atoms with Gasteiger partial charge in [0.05, 0.1) is 18.6 Å². The van der Waals surface area contributed by atoms with E-state index < -0.39 is 10.0 Å². The monoisotopic (exact) mass is 475 g/mol. The van der Waals surface area contributed by atoms with E-state index in [0.29, 0.717) is 18.0 Å². The molecule has 8 nitrogen and oxygen atoms in total. The molecule has 0 spiro atoms. The Bertz CT molecular complexity index is 1060. The second-order valence-electron chi connectivity index (χ2n) is 8.61. The van der Waals surface area contributed by atoms with Crippen molar-refractivity contribution in [2.24, 2.45) is 0 Å². The molecule has 33 heavy (non-hydrogen) atoms. The molecule has 2 amide bonds. The summed E-state index contributed by atoms with van der Waals surface area (Å²) in [6, 6.07) is 13.6. The predicted molar refractivity (Wildman–Crippen MR) is 129 cm³/mol. The molecular weight excluding hydrogens is 442 g/mol. The van der Waals surface area contributed by atoms with Gasteiger partial charge in [0.2, 0.25) is 21.8 Å².